The fourth-order valence-electron chi connectivity index (χ4n) is 2.43. The van der Waals surface area contributed by atoms with E-state index in [1.165, 1.54) is 18.3 Å². The van der Waals surface area contributed by atoms with E-state index in [9.17, 15) is 14.7 Å². The summed E-state index contributed by atoms with van der Waals surface area (Å²) in [6.07, 6.45) is 2.69. The normalized spacial score (nSPS) is 14.5. The second-order valence-corrected chi connectivity index (χ2v) is 6.20. The molecule has 0 aliphatic heterocycles. The molecule has 1 aromatic rings. The zero-order chi connectivity index (χ0) is 17.7. The number of hydrogen-bond acceptors (Lipinski definition) is 8. The average molecular weight is 352 g/mol. The summed E-state index contributed by atoms with van der Waals surface area (Å²) in [5.41, 5.74) is 1.09. The Morgan fingerprint density at radius 1 is 1.21 bits per heavy atom. The molecule has 0 bridgehead atoms. The van der Waals surface area contributed by atoms with Crippen LogP contribution in [0.3, 0.4) is 0 Å². The molecule has 1 N–H and O–H groups in total. The predicted molar refractivity (Wildman–Crippen MR) is 88.8 cm³/mol. The first-order valence-electron chi connectivity index (χ1n) is 7.79. The van der Waals surface area contributed by atoms with Gasteiger partial charge in [-0.25, -0.2) is 9.59 Å². The maximum Gasteiger partial charge on any atom is 0.362 e. The van der Waals surface area contributed by atoms with Crippen LogP contribution in [0.4, 0.5) is 5.00 Å². The molecule has 0 spiro atoms. The molecule has 2 rings (SSSR count). The standard InChI is InChI=1S/C16H20N2O5S/c1-4-22-15(20)12-10-7-6-8-11(10)24-14(12)18-17-13(9(3)19)16(21)23-5-2/h19H,4-8H2,1-3H3. The molecule has 8 heteroatoms. The number of aliphatic hydroxyl groups excluding tert-OH is 1. The Labute approximate surface area is 144 Å². The molecular formula is C16H20N2O5S. The summed E-state index contributed by atoms with van der Waals surface area (Å²) in [6.45, 7) is 5.15. The zero-order valence-electron chi connectivity index (χ0n) is 13.9. The number of carbonyl (C=O) groups excluding carboxylic acids is 2. The van der Waals surface area contributed by atoms with Gasteiger partial charge in [-0.1, -0.05) is 0 Å². The number of fused-ring (bicyclic) bond motifs is 1. The van der Waals surface area contributed by atoms with Gasteiger partial charge in [0.2, 0.25) is 5.70 Å². The molecule has 7 nitrogen and oxygen atoms in total. The van der Waals surface area contributed by atoms with E-state index in [4.69, 9.17) is 9.47 Å². The van der Waals surface area contributed by atoms with Crippen LogP contribution in [-0.4, -0.2) is 30.3 Å². The number of nitrogens with zero attached hydrogens (tertiary/aromatic N) is 2. The molecule has 130 valence electrons. The number of aryl methyl sites for hydroxylation is 1. The first-order chi connectivity index (χ1) is 11.5. The van der Waals surface area contributed by atoms with E-state index in [0.29, 0.717) is 10.6 Å². The van der Waals surface area contributed by atoms with E-state index in [1.54, 1.807) is 13.8 Å². The third kappa shape index (κ3) is 3.81. The highest BCUT2D eigenvalue weighted by Gasteiger charge is 2.28. The Bertz CT molecular complexity index is 702. The Kier molecular flexibility index (Phi) is 6.08. The Morgan fingerprint density at radius 2 is 1.92 bits per heavy atom. The number of carbonyl (C=O) groups is 2. The van der Waals surface area contributed by atoms with Gasteiger partial charge in [0, 0.05) is 4.88 Å². The van der Waals surface area contributed by atoms with Crippen LogP contribution in [0.15, 0.2) is 21.7 Å². The lowest BCUT2D eigenvalue weighted by Crippen LogP contribution is -2.08. The predicted octanol–water partition coefficient (Wildman–Crippen LogP) is 3.85. The smallest absolute Gasteiger partial charge is 0.362 e. The SMILES string of the molecule is CCOC(=O)C(N=Nc1sc2c(c1C(=O)OCC)CCC2)=C(C)O. The molecule has 1 heterocycles. The number of thiophene rings is 1. The van der Waals surface area contributed by atoms with E-state index < -0.39 is 11.9 Å². The van der Waals surface area contributed by atoms with Gasteiger partial charge in [0.05, 0.1) is 13.2 Å². The van der Waals surface area contributed by atoms with Gasteiger partial charge in [0.25, 0.3) is 0 Å². The van der Waals surface area contributed by atoms with Crippen LogP contribution in [0.25, 0.3) is 0 Å². The number of esters is 2. The summed E-state index contributed by atoms with van der Waals surface area (Å²) in [5, 5.41) is 17.8. The molecule has 1 aliphatic carbocycles. The highest BCUT2D eigenvalue weighted by molar-refractivity contribution is 7.16. The van der Waals surface area contributed by atoms with E-state index in [2.05, 4.69) is 10.2 Å². The first kappa shape index (κ1) is 18.1. The van der Waals surface area contributed by atoms with Crippen molar-refractivity contribution in [2.45, 2.75) is 40.0 Å². The van der Waals surface area contributed by atoms with Crippen molar-refractivity contribution in [2.24, 2.45) is 10.2 Å². The molecule has 0 radical (unpaired) electrons. The largest absolute Gasteiger partial charge is 0.510 e. The van der Waals surface area contributed by atoms with Crippen molar-refractivity contribution in [3.8, 4) is 0 Å². The molecule has 1 aromatic heterocycles. The monoisotopic (exact) mass is 352 g/mol. The maximum absolute atomic E-state index is 12.2. The Balaban J connectivity index is 2.37. The molecule has 0 amide bonds. The summed E-state index contributed by atoms with van der Waals surface area (Å²) in [7, 11) is 0. The average Bonchev–Trinajstić information content (AvgIpc) is 3.07. The topological polar surface area (TPSA) is 97.6 Å². The molecule has 24 heavy (non-hydrogen) atoms. The maximum atomic E-state index is 12.2. The summed E-state index contributed by atoms with van der Waals surface area (Å²) in [5.74, 6) is -1.49. The second-order valence-electron chi connectivity index (χ2n) is 5.11. The third-order valence-electron chi connectivity index (χ3n) is 3.43. The van der Waals surface area contributed by atoms with Crippen molar-refractivity contribution in [1.29, 1.82) is 0 Å². The summed E-state index contributed by atoms with van der Waals surface area (Å²) in [4.78, 5) is 25.1. The third-order valence-corrected chi connectivity index (χ3v) is 4.61. The molecular weight excluding hydrogens is 332 g/mol. The minimum absolute atomic E-state index is 0.159. The van der Waals surface area contributed by atoms with Gasteiger partial charge < -0.3 is 14.6 Å². The number of aliphatic hydroxyl groups is 1. The van der Waals surface area contributed by atoms with Gasteiger partial charge in [0.1, 0.15) is 11.3 Å². The van der Waals surface area contributed by atoms with E-state index in [1.807, 2.05) is 0 Å². The summed E-state index contributed by atoms with van der Waals surface area (Å²) < 4.78 is 9.94. The lowest BCUT2D eigenvalue weighted by molar-refractivity contribution is -0.138. The van der Waals surface area contributed by atoms with E-state index in [-0.39, 0.29) is 24.7 Å². The van der Waals surface area contributed by atoms with Crippen molar-refractivity contribution in [2.75, 3.05) is 13.2 Å². The van der Waals surface area contributed by atoms with Crippen LogP contribution in [0, 0.1) is 0 Å². The zero-order valence-corrected chi connectivity index (χ0v) is 14.7. The number of allylic oxidation sites excluding steroid dienone is 1. The van der Waals surface area contributed by atoms with Crippen LogP contribution >= 0.6 is 11.3 Å². The van der Waals surface area contributed by atoms with Gasteiger partial charge in [-0.2, -0.15) is 0 Å². The minimum Gasteiger partial charge on any atom is -0.510 e. The highest BCUT2D eigenvalue weighted by Crippen LogP contribution is 2.41. The second kappa shape index (κ2) is 8.05. The van der Waals surface area contributed by atoms with E-state index >= 15 is 0 Å². The minimum atomic E-state index is -0.761. The fourth-order valence-corrected chi connectivity index (χ4v) is 3.63. The molecule has 0 saturated heterocycles. The molecule has 0 unspecified atom stereocenters. The van der Waals surface area contributed by atoms with Crippen molar-refractivity contribution in [3.05, 3.63) is 27.5 Å². The molecule has 0 fully saturated rings. The van der Waals surface area contributed by atoms with Gasteiger partial charge >= 0.3 is 11.9 Å². The Hall–Kier alpha value is -2.22. The van der Waals surface area contributed by atoms with Crippen LogP contribution in [0.2, 0.25) is 0 Å². The van der Waals surface area contributed by atoms with Crippen LogP contribution < -0.4 is 0 Å². The van der Waals surface area contributed by atoms with E-state index in [0.717, 1.165) is 29.7 Å². The van der Waals surface area contributed by atoms with Gasteiger partial charge in [-0.15, -0.1) is 21.6 Å². The van der Waals surface area contributed by atoms with Crippen molar-refractivity contribution in [1.82, 2.24) is 0 Å². The summed E-state index contributed by atoms with van der Waals surface area (Å²) in [6, 6.07) is 0. The number of ether oxygens (including phenoxy) is 2. The van der Waals surface area contributed by atoms with Crippen LogP contribution in [-0.2, 0) is 27.1 Å². The number of hydrogen-bond donors (Lipinski definition) is 1. The van der Waals surface area contributed by atoms with Crippen molar-refractivity contribution < 1.29 is 24.2 Å². The van der Waals surface area contributed by atoms with Crippen LogP contribution in [0.5, 0.6) is 0 Å². The van der Waals surface area contributed by atoms with Gasteiger partial charge in [-0.05, 0) is 45.6 Å². The molecule has 0 saturated carbocycles. The van der Waals surface area contributed by atoms with Gasteiger partial charge in [0.15, 0.2) is 5.00 Å². The number of rotatable bonds is 6. The Morgan fingerprint density at radius 3 is 2.54 bits per heavy atom. The lowest BCUT2D eigenvalue weighted by atomic mass is 10.1. The summed E-state index contributed by atoms with van der Waals surface area (Å²) >= 11 is 1.36. The van der Waals surface area contributed by atoms with Crippen LogP contribution in [0.1, 0.15) is 48.0 Å². The van der Waals surface area contributed by atoms with Crippen molar-refractivity contribution in [3.63, 3.8) is 0 Å². The fraction of sp³-hybridized carbons (Fsp3) is 0.500. The quantitative estimate of drug-likeness (QED) is 0.363. The lowest BCUT2D eigenvalue weighted by Gasteiger charge is -2.04. The highest BCUT2D eigenvalue weighted by atomic mass is 32.1. The van der Waals surface area contributed by atoms with Crippen molar-refractivity contribution >= 4 is 28.3 Å². The molecule has 0 aromatic carbocycles. The first-order valence-corrected chi connectivity index (χ1v) is 8.61. The molecule has 1 aliphatic rings. The molecule has 0 atom stereocenters. The number of azo groups is 1. The van der Waals surface area contributed by atoms with Gasteiger partial charge in [-0.3, -0.25) is 0 Å².